The van der Waals surface area contributed by atoms with Crippen molar-refractivity contribution in [1.29, 1.82) is 0 Å². The fourth-order valence-electron chi connectivity index (χ4n) is 5.03. The van der Waals surface area contributed by atoms with E-state index in [4.69, 9.17) is 0 Å². The zero-order valence-corrected chi connectivity index (χ0v) is 20.8. The molecule has 1 amide bonds. The van der Waals surface area contributed by atoms with Crippen LogP contribution in [0.25, 0.3) is 10.9 Å². The first kappa shape index (κ1) is 23.9. The average molecular weight is 497 g/mol. The number of hydrogen-bond acceptors (Lipinski definition) is 7. The van der Waals surface area contributed by atoms with Crippen LogP contribution in [0.3, 0.4) is 0 Å². The molecule has 0 aliphatic carbocycles. The van der Waals surface area contributed by atoms with Crippen LogP contribution in [-0.4, -0.2) is 68.9 Å². The summed E-state index contributed by atoms with van der Waals surface area (Å²) in [5.74, 6) is 0.118. The molecule has 10 heteroatoms. The van der Waals surface area contributed by atoms with Crippen molar-refractivity contribution in [3.8, 4) is 0 Å². The molecule has 2 aliphatic heterocycles. The first-order valence-corrected chi connectivity index (χ1v) is 12.9. The van der Waals surface area contributed by atoms with Gasteiger partial charge < -0.3 is 14.8 Å². The van der Waals surface area contributed by atoms with Crippen molar-refractivity contribution in [2.24, 2.45) is 7.05 Å². The van der Waals surface area contributed by atoms with E-state index in [1.165, 1.54) is 23.9 Å². The molecule has 0 spiro atoms. The van der Waals surface area contributed by atoms with E-state index in [1.807, 2.05) is 6.07 Å². The lowest BCUT2D eigenvalue weighted by atomic mass is 10.0. The van der Waals surface area contributed by atoms with E-state index in [9.17, 15) is 14.0 Å². The van der Waals surface area contributed by atoms with Crippen molar-refractivity contribution in [3.05, 3.63) is 57.8 Å². The third-order valence-corrected chi connectivity index (χ3v) is 8.00. The Hall–Kier alpha value is -2.82. The molecule has 1 fully saturated rings. The van der Waals surface area contributed by atoms with Crippen LogP contribution >= 0.6 is 11.8 Å². The summed E-state index contributed by atoms with van der Waals surface area (Å²) in [6, 6.07) is 8.86. The highest BCUT2D eigenvalue weighted by Gasteiger charge is 2.24. The molecule has 3 aromatic rings. The molecule has 1 saturated heterocycles. The number of carbonyl (C=O) groups is 1. The van der Waals surface area contributed by atoms with Gasteiger partial charge in [0.05, 0.1) is 22.7 Å². The highest BCUT2D eigenvalue weighted by atomic mass is 32.2. The standard InChI is InChI=1S/C25H29FN6O2S/c1-30(14-17-13-21-25(29-28-17)35-15-22(33)27-21)18-7-10-32(11-8-18)12-9-19-20(26)5-3-16-4-6-23(34)31(2)24(16)19/h3-6,13,18H,7-12,14-15H2,1-2H3,(H,27,33). The lowest BCUT2D eigenvalue weighted by Crippen LogP contribution is -2.43. The Kier molecular flexibility index (Phi) is 6.86. The predicted octanol–water partition coefficient (Wildman–Crippen LogP) is 2.65. The SMILES string of the molecule is CN(Cc1cc2c(nn1)SCC(=O)N2)C1CCN(CCc2c(F)ccc3ccc(=O)n(C)c23)CC1. The van der Waals surface area contributed by atoms with Crippen molar-refractivity contribution < 1.29 is 9.18 Å². The monoisotopic (exact) mass is 496 g/mol. The van der Waals surface area contributed by atoms with Crippen LogP contribution in [0.2, 0.25) is 0 Å². The quantitative estimate of drug-likeness (QED) is 0.562. The van der Waals surface area contributed by atoms with E-state index >= 15 is 0 Å². The number of piperidine rings is 1. The van der Waals surface area contributed by atoms with E-state index in [2.05, 4.69) is 32.4 Å². The molecule has 0 saturated carbocycles. The maximum absolute atomic E-state index is 14.7. The summed E-state index contributed by atoms with van der Waals surface area (Å²) in [4.78, 5) is 28.4. The predicted molar refractivity (Wildman–Crippen MR) is 135 cm³/mol. The summed E-state index contributed by atoms with van der Waals surface area (Å²) in [5, 5.41) is 13.1. The number of anilines is 1. The second kappa shape index (κ2) is 10.0. The summed E-state index contributed by atoms with van der Waals surface area (Å²) in [7, 11) is 3.80. The van der Waals surface area contributed by atoms with Gasteiger partial charge in [0.25, 0.3) is 5.56 Å². The van der Waals surface area contributed by atoms with Crippen LogP contribution in [0.5, 0.6) is 0 Å². The fourth-order valence-corrected chi connectivity index (χ4v) is 5.74. The van der Waals surface area contributed by atoms with Gasteiger partial charge in [-0.3, -0.25) is 14.5 Å². The molecule has 0 radical (unpaired) electrons. The summed E-state index contributed by atoms with van der Waals surface area (Å²) < 4.78 is 16.3. The third-order valence-electron chi connectivity index (χ3n) is 7.02. The highest BCUT2D eigenvalue weighted by molar-refractivity contribution is 8.00. The number of rotatable bonds is 6. The molecule has 184 valence electrons. The highest BCUT2D eigenvalue weighted by Crippen LogP contribution is 2.29. The molecule has 35 heavy (non-hydrogen) atoms. The maximum atomic E-state index is 14.7. The van der Waals surface area contributed by atoms with Gasteiger partial charge in [0.2, 0.25) is 5.91 Å². The number of aryl methyl sites for hydroxylation is 1. The van der Waals surface area contributed by atoms with Crippen LogP contribution in [-0.2, 0) is 24.8 Å². The van der Waals surface area contributed by atoms with Gasteiger partial charge >= 0.3 is 0 Å². The molecule has 0 unspecified atom stereocenters. The molecule has 1 aromatic carbocycles. The van der Waals surface area contributed by atoms with Crippen LogP contribution in [0.1, 0.15) is 24.1 Å². The minimum absolute atomic E-state index is 0.00668. The smallest absolute Gasteiger partial charge is 0.250 e. The van der Waals surface area contributed by atoms with E-state index in [1.54, 1.807) is 23.7 Å². The van der Waals surface area contributed by atoms with E-state index in [0.717, 1.165) is 54.3 Å². The number of thioether (sulfide) groups is 1. The zero-order valence-electron chi connectivity index (χ0n) is 20.0. The van der Waals surface area contributed by atoms with Crippen LogP contribution in [0, 0.1) is 5.82 Å². The molecule has 0 bridgehead atoms. The van der Waals surface area contributed by atoms with Crippen LogP contribution in [0.15, 0.2) is 40.2 Å². The lowest BCUT2D eigenvalue weighted by Gasteiger charge is -2.36. The molecule has 4 heterocycles. The minimum Gasteiger partial charge on any atom is -0.323 e. The Morgan fingerprint density at radius 2 is 1.94 bits per heavy atom. The van der Waals surface area contributed by atoms with Crippen LogP contribution in [0.4, 0.5) is 10.1 Å². The van der Waals surface area contributed by atoms with Crippen molar-refractivity contribution in [2.75, 3.05) is 37.8 Å². The topological polar surface area (TPSA) is 83.4 Å². The van der Waals surface area contributed by atoms with Gasteiger partial charge in [0.15, 0.2) is 0 Å². The summed E-state index contributed by atoms with van der Waals surface area (Å²) in [5.41, 5.74) is 2.76. The second-order valence-corrected chi connectivity index (χ2v) is 10.3. The van der Waals surface area contributed by atoms with Gasteiger partial charge in [-0.15, -0.1) is 5.10 Å². The number of likely N-dealkylation sites (tertiary alicyclic amines) is 1. The van der Waals surface area contributed by atoms with E-state index in [0.29, 0.717) is 35.8 Å². The number of pyridine rings is 1. The molecule has 5 rings (SSSR count). The Balaban J connectivity index is 1.18. The van der Waals surface area contributed by atoms with Crippen molar-refractivity contribution >= 4 is 34.3 Å². The summed E-state index contributed by atoms with van der Waals surface area (Å²) in [6.07, 6.45) is 2.59. The van der Waals surface area contributed by atoms with E-state index in [-0.39, 0.29) is 17.3 Å². The van der Waals surface area contributed by atoms with Gasteiger partial charge in [-0.1, -0.05) is 11.8 Å². The van der Waals surface area contributed by atoms with Gasteiger partial charge in [-0.2, -0.15) is 5.10 Å². The number of nitrogens with one attached hydrogen (secondary N) is 1. The first-order chi connectivity index (χ1) is 16.9. The van der Waals surface area contributed by atoms with Crippen LogP contribution < -0.4 is 10.9 Å². The molecular formula is C25H29FN6O2S. The molecule has 0 atom stereocenters. The molecule has 8 nitrogen and oxygen atoms in total. The number of benzene rings is 1. The fraction of sp³-hybridized carbons (Fsp3) is 0.440. The molecule has 2 aromatic heterocycles. The minimum atomic E-state index is -0.255. The molecule has 1 N–H and O–H groups in total. The lowest BCUT2D eigenvalue weighted by molar-refractivity contribution is -0.113. The number of hydrogen-bond donors (Lipinski definition) is 1. The number of nitrogens with zero attached hydrogens (tertiary/aromatic N) is 5. The number of fused-ring (bicyclic) bond motifs is 2. The molecular weight excluding hydrogens is 467 g/mol. The normalized spacial score (nSPS) is 17.1. The zero-order chi connectivity index (χ0) is 24.5. The van der Waals surface area contributed by atoms with Gasteiger partial charge in [-0.05, 0) is 69.1 Å². The van der Waals surface area contributed by atoms with Crippen molar-refractivity contribution in [1.82, 2.24) is 24.6 Å². The Bertz CT molecular complexity index is 1320. The largest absolute Gasteiger partial charge is 0.323 e. The Labute approximate surface area is 207 Å². The number of aromatic nitrogens is 3. The van der Waals surface area contributed by atoms with E-state index < -0.39 is 0 Å². The molecule has 2 aliphatic rings. The maximum Gasteiger partial charge on any atom is 0.250 e. The second-order valence-electron chi connectivity index (χ2n) is 9.32. The third kappa shape index (κ3) is 5.10. The summed E-state index contributed by atoms with van der Waals surface area (Å²) >= 11 is 1.41. The summed E-state index contributed by atoms with van der Waals surface area (Å²) in [6.45, 7) is 3.29. The van der Waals surface area contributed by atoms with Crippen molar-refractivity contribution in [2.45, 2.75) is 36.9 Å². The van der Waals surface area contributed by atoms with Gasteiger partial charge in [0, 0.05) is 37.8 Å². The Morgan fingerprint density at radius 3 is 2.74 bits per heavy atom. The average Bonchev–Trinajstić information content (AvgIpc) is 2.86. The number of carbonyl (C=O) groups excluding carboxylic acids is 1. The van der Waals surface area contributed by atoms with Gasteiger partial charge in [0.1, 0.15) is 10.8 Å². The first-order valence-electron chi connectivity index (χ1n) is 11.9. The van der Waals surface area contributed by atoms with Gasteiger partial charge in [-0.25, -0.2) is 4.39 Å². The number of halogens is 1. The Morgan fingerprint density at radius 1 is 1.17 bits per heavy atom. The number of amides is 1. The van der Waals surface area contributed by atoms with Crippen molar-refractivity contribution in [3.63, 3.8) is 0 Å².